The monoisotopic (exact) mass is 267 g/mol. The summed E-state index contributed by atoms with van der Waals surface area (Å²) in [5, 5.41) is 3.01. The fourth-order valence-corrected chi connectivity index (χ4v) is 2.13. The highest BCUT2D eigenvalue weighted by atomic mass is 16.5. The molecule has 0 atom stereocenters. The fourth-order valence-electron chi connectivity index (χ4n) is 2.13. The molecular weight excluding hydrogens is 242 g/mol. The molecule has 0 aliphatic carbocycles. The number of aromatic nitrogens is 2. The van der Waals surface area contributed by atoms with E-state index in [1.165, 1.54) is 0 Å². The molecule has 0 bridgehead atoms. The highest BCUT2D eigenvalue weighted by molar-refractivity contribution is 5.52. The van der Waals surface area contributed by atoms with Gasteiger partial charge < -0.3 is 20.7 Å². The van der Waals surface area contributed by atoms with E-state index in [2.05, 4.69) is 34.0 Å². The molecule has 0 fully saturated rings. The van der Waals surface area contributed by atoms with Crippen LogP contribution in [-0.2, 0) is 4.74 Å². The summed E-state index contributed by atoms with van der Waals surface area (Å²) in [7, 11) is 3.53. The lowest BCUT2D eigenvalue weighted by Crippen LogP contribution is -2.38. The number of nitrogens with two attached hydrogens (primary N) is 1. The Labute approximate surface area is 115 Å². The van der Waals surface area contributed by atoms with Gasteiger partial charge in [0.2, 0.25) is 5.95 Å². The van der Waals surface area contributed by atoms with Crippen molar-refractivity contribution in [2.45, 2.75) is 32.7 Å². The van der Waals surface area contributed by atoms with Crippen molar-refractivity contribution in [3.05, 3.63) is 6.07 Å². The molecule has 0 radical (unpaired) electrons. The van der Waals surface area contributed by atoms with Gasteiger partial charge >= 0.3 is 0 Å². The predicted octanol–water partition coefficient (Wildman–Crippen LogP) is 1.74. The highest BCUT2D eigenvalue weighted by Gasteiger charge is 2.18. The maximum Gasteiger partial charge on any atom is 0.223 e. The molecule has 1 aromatic rings. The zero-order valence-corrected chi connectivity index (χ0v) is 12.3. The standard InChI is InChI=1S/C13H25N5O/c1-5-10(6-2)18(7-8-19-4)12-9-11(15-3)16-13(14)17-12/h9-10H,5-8H2,1-4H3,(H3,14,15,16,17). The zero-order valence-electron chi connectivity index (χ0n) is 12.3. The normalized spacial score (nSPS) is 10.8. The molecule has 0 aliphatic rings. The van der Waals surface area contributed by atoms with Gasteiger partial charge in [0.25, 0.3) is 0 Å². The number of ether oxygens (including phenoxy) is 1. The van der Waals surface area contributed by atoms with Crippen LogP contribution >= 0.6 is 0 Å². The summed E-state index contributed by atoms with van der Waals surface area (Å²) in [6.45, 7) is 5.81. The van der Waals surface area contributed by atoms with E-state index in [9.17, 15) is 0 Å². The third-order valence-corrected chi connectivity index (χ3v) is 3.20. The molecule has 1 rings (SSSR count). The van der Waals surface area contributed by atoms with E-state index in [0.29, 0.717) is 12.6 Å². The van der Waals surface area contributed by atoms with Gasteiger partial charge in [-0.3, -0.25) is 0 Å². The van der Waals surface area contributed by atoms with Crippen molar-refractivity contribution in [2.75, 3.05) is 43.3 Å². The van der Waals surface area contributed by atoms with Gasteiger partial charge in [-0.15, -0.1) is 0 Å². The molecule has 0 amide bonds. The summed E-state index contributed by atoms with van der Waals surface area (Å²) >= 11 is 0. The van der Waals surface area contributed by atoms with Gasteiger partial charge in [0.1, 0.15) is 11.6 Å². The van der Waals surface area contributed by atoms with Crippen molar-refractivity contribution >= 4 is 17.6 Å². The Morgan fingerprint density at radius 1 is 1.37 bits per heavy atom. The lowest BCUT2D eigenvalue weighted by Gasteiger charge is -2.31. The Morgan fingerprint density at radius 2 is 2.05 bits per heavy atom. The SMILES string of the molecule is CCC(CC)N(CCOC)c1cc(NC)nc(N)n1. The molecule has 19 heavy (non-hydrogen) atoms. The van der Waals surface area contributed by atoms with Gasteiger partial charge in [-0.25, -0.2) is 0 Å². The minimum absolute atomic E-state index is 0.287. The van der Waals surface area contributed by atoms with Crippen LogP contribution in [0.25, 0.3) is 0 Å². The molecular formula is C13H25N5O. The highest BCUT2D eigenvalue weighted by Crippen LogP contribution is 2.21. The Bertz CT molecular complexity index is 381. The van der Waals surface area contributed by atoms with E-state index in [0.717, 1.165) is 31.0 Å². The summed E-state index contributed by atoms with van der Waals surface area (Å²) in [5.41, 5.74) is 5.76. The summed E-state index contributed by atoms with van der Waals surface area (Å²) < 4.78 is 5.19. The Hall–Kier alpha value is -1.56. The predicted molar refractivity (Wildman–Crippen MR) is 79.6 cm³/mol. The fraction of sp³-hybridized carbons (Fsp3) is 0.692. The van der Waals surface area contributed by atoms with Crippen molar-refractivity contribution in [3.63, 3.8) is 0 Å². The summed E-state index contributed by atoms with van der Waals surface area (Å²) in [4.78, 5) is 10.7. The van der Waals surface area contributed by atoms with Gasteiger partial charge in [0.05, 0.1) is 6.61 Å². The average molecular weight is 267 g/mol. The van der Waals surface area contributed by atoms with E-state index in [1.807, 2.05) is 13.1 Å². The van der Waals surface area contributed by atoms with Gasteiger partial charge in [0, 0.05) is 32.8 Å². The maximum atomic E-state index is 5.76. The summed E-state index contributed by atoms with van der Waals surface area (Å²) in [6.07, 6.45) is 2.11. The molecule has 0 aliphatic heterocycles. The molecule has 0 saturated heterocycles. The summed E-state index contributed by atoms with van der Waals surface area (Å²) in [6, 6.07) is 2.35. The van der Waals surface area contributed by atoms with Crippen LogP contribution in [0.5, 0.6) is 0 Å². The van der Waals surface area contributed by atoms with Crippen LogP contribution in [0.2, 0.25) is 0 Å². The van der Waals surface area contributed by atoms with Crippen molar-refractivity contribution in [1.82, 2.24) is 9.97 Å². The van der Waals surface area contributed by atoms with Crippen LogP contribution in [-0.4, -0.2) is 43.3 Å². The van der Waals surface area contributed by atoms with Crippen LogP contribution < -0.4 is 16.0 Å². The van der Waals surface area contributed by atoms with Crippen LogP contribution in [0.1, 0.15) is 26.7 Å². The number of nitrogens with zero attached hydrogens (tertiary/aromatic N) is 3. The van der Waals surface area contributed by atoms with Crippen LogP contribution in [0.3, 0.4) is 0 Å². The first-order chi connectivity index (χ1) is 9.15. The van der Waals surface area contributed by atoms with Crippen LogP contribution in [0.4, 0.5) is 17.6 Å². The van der Waals surface area contributed by atoms with Crippen molar-refractivity contribution in [1.29, 1.82) is 0 Å². The molecule has 0 saturated carbocycles. The second kappa shape index (κ2) is 7.78. The van der Waals surface area contributed by atoms with Crippen molar-refractivity contribution in [2.24, 2.45) is 0 Å². The molecule has 0 aromatic carbocycles. The number of anilines is 3. The third kappa shape index (κ3) is 4.24. The number of rotatable bonds is 8. The molecule has 6 heteroatoms. The zero-order chi connectivity index (χ0) is 14.3. The molecule has 1 heterocycles. The molecule has 3 N–H and O–H groups in total. The minimum atomic E-state index is 0.287. The largest absolute Gasteiger partial charge is 0.383 e. The number of hydrogen-bond donors (Lipinski definition) is 2. The molecule has 6 nitrogen and oxygen atoms in total. The number of hydrogen-bond acceptors (Lipinski definition) is 6. The molecule has 108 valence electrons. The maximum absolute atomic E-state index is 5.76. The lowest BCUT2D eigenvalue weighted by molar-refractivity contribution is 0.202. The van der Waals surface area contributed by atoms with E-state index in [4.69, 9.17) is 10.5 Å². The Kier molecular flexibility index (Phi) is 6.35. The third-order valence-electron chi connectivity index (χ3n) is 3.20. The number of nitrogens with one attached hydrogen (secondary N) is 1. The van der Waals surface area contributed by atoms with Gasteiger partial charge in [-0.1, -0.05) is 13.8 Å². The smallest absolute Gasteiger partial charge is 0.223 e. The average Bonchev–Trinajstić information content (AvgIpc) is 2.42. The quantitative estimate of drug-likeness (QED) is 0.747. The van der Waals surface area contributed by atoms with E-state index >= 15 is 0 Å². The minimum Gasteiger partial charge on any atom is -0.383 e. The second-order valence-electron chi connectivity index (χ2n) is 4.38. The van der Waals surface area contributed by atoms with Gasteiger partial charge in [-0.05, 0) is 12.8 Å². The first-order valence-corrected chi connectivity index (χ1v) is 6.74. The molecule has 0 spiro atoms. The van der Waals surface area contributed by atoms with Crippen LogP contribution in [0, 0.1) is 0 Å². The Balaban J connectivity index is 3.04. The van der Waals surface area contributed by atoms with E-state index in [1.54, 1.807) is 7.11 Å². The topological polar surface area (TPSA) is 76.3 Å². The van der Waals surface area contributed by atoms with E-state index < -0.39 is 0 Å². The van der Waals surface area contributed by atoms with Crippen molar-refractivity contribution in [3.8, 4) is 0 Å². The van der Waals surface area contributed by atoms with Gasteiger partial charge in [0.15, 0.2) is 0 Å². The Morgan fingerprint density at radius 3 is 2.58 bits per heavy atom. The first kappa shape index (κ1) is 15.5. The van der Waals surface area contributed by atoms with Crippen molar-refractivity contribution < 1.29 is 4.74 Å². The lowest BCUT2D eigenvalue weighted by atomic mass is 10.1. The van der Waals surface area contributed by atoms with Crippen LogP contribution in [0.15, 0.2) is 6.07 Å². The molecule has 1 aromatic heterocycles. The van der Waals surface area contributed by atoms with Gasteiger partial charge in [-0.2, -0.15) is 9.97 Å². The summed E-state index contributed by atoms with van der Waals surface area (Å²) in [5.74, 6) is 1.87. The first-order valence-electron chi connectivity index (χ1n) is 6.74. The number of methoxy groups -OCH3 is 1. The number of nitrogen functional groups attached to an aromatic ring is 1. The second-order valence-corrected chi connectivity index (χ2v) is 4.38. The van der Waals surface area contributed by atoms with E-state index in [-0.39, 0.29) is 5.95 Å². The molecule has 0 unspecified atom stereocenters.